The average molecular weight is 257 g/mol. The highest BCUT2D eigenvalue weighted by atomic mass is 14.9. The Labute approximate surface area is 117 Å². The first kappa shape index (κ1) is 13.2. The summed E-state index contributed by atoms with van der Waals surface area (Å²) in [6, 6.07) is 11.9. The largest absolute Gasteiger partial charge is 0.314 e. The molecule has 1 aromatic carbocycles. The first-order valence-electron chi connectivity index (χ1n) is 8.16. The van der Waals surface area contributed by atoms with Gasteiger partial charge in [0.1, 0.15) is 0 Å². The highest BCUT2D eigenvalue weighted by Crippen LogP contribution is 2.51. The van der Waals surface area contributed by atoms with Crippen molar-refractivity contribution in [1.29, 1.82) is 0 Å². The lowest BCUT2D eigenvalue weighted by Crippen LogP contribution is -2.32. The lowest BCUT2D eigenvalue weighted by atomic mass is 10.00. The fourth-order valence-corrected chi connectivity index (χ4v) is 3.36. The van der Waals surface area contributed by atoms with Gasteiger partial charge < -0.3 is 5.32 Å². The van der Waals surface area contributed by atoms with E-state index < -0.39 is 0 Å². The summed E-state index contributed by atoms with van der Waals surface area (Å²) in [4.78, 5) is 0. The molecule has 3 rings (SSSR count). The summed E-state index contributed by atoms with van der Waals surface area (Å²) in [5.74, 6) is 2.79. The summed E-state index contributed by atoms with van der Waals surface area (Å²) in [5.41, 5.74) is 1.56. The molecule has 0 bridgehead atoms. The molecule has 19 heavy (non-hydrogen) atoms. The van der Waals surface area contributed by atoms with Crippen LogP contribution in [0.1, 0.15) is 56.9 Å². The number of nitrogens with one attached hydrogen (secondary N) is 1. The lowest BCUT2D eigenvalue weighted by molar-refractivity contribution is 0.409. The van der Waals surface area contributed by atoms with Gasteiger partial charge in [-0.2, -0.15) is 0 Å². The normalized spacial score (nSPS) is 27.2. The topological polar surface area (TPSA) is 12.0 Å². The molecule has 2 saturated carbocycles. The number of rotatable bonds is 8. The first-order chi connectivity index (χ1) is 9.38. The molecule has 0 amide bonds. The van der Waals surface area contributed by atoms with E-state index in [1.54, 1.807) is 5.56 Å². The van der Waals surface area contributed by atoms with Crippen LogP contribution >= 0.6 is 0 Å². The van der Waals surface area contributed by atoms with Crippen molar-refractivity contribution in [2.24, 2.45) is 11.8 Å². The van der Waals surface area contributed by atoms with Gasteiger partial charge in [0.15, 0.2) is 0 Å². The maximum Gasteiger partial charge on any atom is 0.0101 e. The molecule has 2 fully saturated rings. The zero-order chi connectivity index (χ0) is 13.1. The molecule has 0 aromatic heterocycles. The van der Waals surface area contributed by atoms with Crippen LogP contribution in [0.4, 0.5) is 0 Å². The second-order valence-corrected chi connectivity index (χ2v) is 6.50. The third-order valence-corrected chi connectivity index (χ3v) is 4.82. The van der Waals surface area contributed by atoms with Gasteiger partial charge in [0.05, 0.1) is 0 Å². The molecule has 0 radical (unpaired) electrons. The van der Waals surface area contributed by atoms with Crippen LogP contribution in [0, 0.1) is 11.8 Å². The van der Waals surface area contributed by atoms with Gasteiger partial charge in [0.25, 0.3) is 0 Å². The Hall–Kier alpha value is -0.820. The van der Waals surface area contributed by atoms with E-state index in [2.05, 4.69) is 42.6 Å². The Morgan fingerprint density at radius 2 is 2.00 bits per heavy atom. The average Bonchev–Trinajstić information content (AvgIpc) is 3.34. The van der Waals surface area contributed by atoms with Gasteiger partial charge in [-0.1, -0.05) is 50.1 Å². The summed E-state index contributed by atoms with van der Waals surface area (Å²) < 4.78 is 0. The lowest BCUT2D eigenvalue weighted by Gasteiger charge is -2.19. The van der Waals surface area contributed by atoms with Crippen molar-refractivity contribution >= 4 is 0 Å². The van der Waals surface area contributed by atoms with E-state index in [4.69, 9.17) is 0 Å². The number of hydrogen-bond acceptors (Lipinski definition) is 1. The van der Waals surface area contributed by atoms with Crippen LogP contribution in [0.25, 0.3) is 0 Å². The molecular weight excluding hydrogens is 230 g/mol. The first-order valence-corrected chi connectivity index (χ1v) is 8.16. The Bertz CT molecular complexity index is 382. The van der Waals surface area contributed by atoms with Gasteiger partial charge in [-0.3, -0.25) is 0 Å². The summed E-state index contributed by atoms with van der Waals surface area (Å²) >= 11 is 0. The van der Waals surface area contributed by atoms with Gasteiger partial charge in [-0.05, 0) is 55.5 Å². The molecule has 0 heterocycles. The van der Waals surface area contributed by atoms with Gasteiger partial charge in [0, 0.05) is 6.04 Å². The van der Waals surface area contributed by atoms with Crippen LogP contribution in [0.5, 0.6) is 0 Å². The number of benzene rings is 1. The fraction of sp³-hybridized carbons (Fsp3) is 0.667. The van der Waals surface area contributed by atoms with E-state index in [1.807, 2.05) is 0 Å². The van der Waals surface area contributed by atoms with Crippen molar-refractivity contribution in [1.82, 2.24) is 5.32 Å². The van der Waals surface area contributed by atoms with Crippen molar-refractivity contribution in [3.63, 3.8) is 0 Å². The Kier molecular flexibility index (Phi) is 4.22. The summed E-state index contributed by atoms with van der Waals surface area (Å²) in [6.45, 7) is 3.46. The second kappa shape index (κ2) is 6.09. The highest BCUT2D eigenvalue weighted by molar-refractivity contribution is 5.26. The van der Waals surface area contributed by atoms with Gasteiger partial charge in [0.2, 0.25) is 0 Å². The monoisotopic (exact) mass is 257 g/mol. The fourth-order valence-electron chi connectivity index (χ4n) is 3.36. The Morgan fingerprint density at radius 1 is 1.21 bits per heavy atom. The number of hydrogen-bond donors (Lipinski definition) is 1. The SMILES string of the molecule is CCCNC(CCC1CC1)C1CC1c1ccccc1. The molecule has 1 N–H and O–H groups in total. The van der Waals surface area contributed by atoms with E-state index in [1.165, 1.54) is 45.1 Å². The molecule has 1 aromatic rings. The molecule has 0 aliphatic heterocycles. The van der Waals surface area contributed by atoms with Crippen molar-refractivity contribution in [2.45, 2.75) is 57.4 Å². The molecule has 1 nitrogen and oxygen atoms in total. The molecule has 0 spiro atoms. The van der Waals surface area contributed by atoms with E-state index in [-0.39, 0.29) is 0 Å². The van der Waals surface area contributed by atoms with Crippen LogP contribution in [0.15, 0.2) is 30.3 Å². The molecule has 1 heteroatoms. The second-order valence-electron chi connectivity index (χ2n) is 6.50. The summed E-state index contributed by atoms with van der Waals surface area (Å²) in [6.07, 6.45) is 8.50. The molecule has 2 aliphatic carbocycles. The van der Waals surface area contributed by atoms with Crippen LogP contribution in [-0.4, -0.2) is 12.6 Å². The van der Waals surface area contributed by atoms with Crippen LogP contribution in [-0.2, 0) is 0 Å². The minimum absolute atomic E-state index is 0.769. The highest BCUT2D eigenvalue weighted by Gasteiger charge is 2.43. The maximum atomic E-state index is 3.81. The van der Waals surface area contributed by atoms with Crippen LogP contribution < -0.4 is 5.32 Å². The van der Waals surface area contributed by atoms with Crippen molar-refractivity contribution in [2.75, 3.05) is 6.54 Å². The van der Waals surface area contributed by atoms with E-state index in [9.17, 15) is 0 Å². The van der Waals surface area contributed by atoms with Crippen molar-refractivity contribution < 1.29 is 0 Å². The Morgan fingerprint density at radius 3 is 2.68 bits per heavy atom. The standard InChI is InChI=1S/C18H27N/c1-2-12-19-18(11-10-14-8-9-14)17-13-16(17)15-6-4-3-5-7-15/h3-7,14,16-19H,2,8-13H2,1H3. The van der Waals surface area contributed by atoms with Gasteiger partial charge >= 0.3 is 0 Å². The minimum Gasteiger partial charge on any atom is -0.314 e. The zero-order valence-electron chi connectivity index (χ0n) is 12.1. The minimum atomic E-state index is 0.769. The van der Waals surface area contributed by atoms with Gasteiger partial charge in [-0.15, -0.1) is 0 Å². The summed E-state index contributed by atoms with van der Waals surface area (Å²) in [5, 5.41) is 3.81. The smallest absolute Gasteiger partial charge is 0.0101 e. The molecular formula is C18H27N. The van der Waals surface area contributed by atoms with Crippen LogP contribution in [0.2, 0.25) is 0 Å². The van der Waals surface area contributed by atoms with Crippen LogP contribution in [0.3, 0.4) is 0 Å². The Balaban J connectivity index is 1.54. The van der Waals surface area contributed by atoms with Crippen molar-refractivity contribution in [3.8, 4) is 0 Å². The van der Waals surface area contributed by atoms with E-state index >= 15 is 0 Å². The molecule has 104 valence electrons. The van der Waals surface area contributed by atoms with E-state index in [0.29, 0.717) is 0 Å². The third kappa shape index (κ3) is 3.60. The van der Waals surface area contributed by atoms with E-state index in [0.717, 1.165) is 23.8 Å². The predicted octanol–water partition coefficient (Wildman–Crippen LogP) is 4.35. The molecule has 2 aliphatic rings. The predicted molar refractivity (Wildman–Crippen MR) is 81.3 cm³/mol. The molecule has 3 atom stereocenters. The van der Waals surface area contributed by atoms with Gasteiger partial charge in [-0.25, -0.2) is 0 Å². The molecule has 0 saturated heterocycles. The molecule has 3 unspecified atom stereocenters. The third-order valence-electron chi connectivity index (χ3n) is 4.82. The zero-order valence-corrected chi connectivity index (χ0v) is 12.1. The maximum absolute atomic E-state index is 3.81. The van der Waals surface area contributed by atoms with Crippen molar-refractivity contribution in [3.05, 3.63) is 35.9 Å². The quantitative estimate of drug-likeness (QED) is 0.730. The summed E-state index contributed by atoms with van der Waals surface area (Å²) in [7, 11) is 0.